The van der Waals surface area contributed by atoms with E-state index in [9.17, 15) is 4.79 Å². The maximum absolute atomic E-state index is 12.1. The lowest BCUT2D eigenvalue weighted by molar-refractivity contribution is -0.143. The van der Waals surface area contributed by atoms with E-state index >= 15 is 0 Å². The van der Waals surface area contributed by atoms with Crippen LogP contribution in [0.4, 0.5) is 0 Å². The summed E-state index contributed by atoms with van der Waals surface area (Å²) in [5, 5.41) is 0.697. The Morgan fingerprint density at radius 2 is 1.83 bits per heavy atom. The highest BCUT2D eigenvalue weighted by molar-refractivity contribution is 6.48. The number of esters is 1. The summed E-state index contributed by atoms with van der Waals surface area (Å²) >= 11 is 6.14. The van der Waals surface area contributed by atoms with Gasteiger partial charge in [0.2, 0.25) is 0 Å². The summed E-state index contributed by atoms with van der Waals surface area (Å²) in [5.74, 6) is -0.508. The van der Waals surface area contributed by atoms with Gasteiger partial charge in [-0.05, 0) is 58.7 Å². The fourth-order valence-electron chi connectivity index (χ4n) is 2.72. The molecule has 1 saturated heterocycles. The molecule has 2 rings (SSSR count). The van der Waals surface area contributed by atoms with Crippen molar-refractivity contribution in [1.82, 2.24) is 0 Å². The molecule has 0 bridgehead atoms. The van der Waals surface area contributed by atoms with Crippen molar-refractivity contribution in [3.63, 3.8) is 0 Å². The van der Waals surface area contributed by atoms with Crippen LogP contribution in [0.1, 0.15) is 58.0 Å². The Labute approximate surface area is 150 Å². The Kier molecular flexibility index (Phi) is 5.68. The summed E-state index contributed by atoms with van der Waals surface area (Å²) in [6.07, 6.45) is 0.200. The monoisotopic (exact) mass is 352 g/mol. The smallest absolute Gasteiger partial charge is 0.466 e. The van der Waals surface area contributed by atoms with Gasteiger partial charge in [0.05, 0.1) is 24.2 Å². The topological polar surface area (TPSA) is 44.8 Å². The van der Waals surface area contributed by atoms with E-state index in [1.807, 2.05) is 52.8 Å². The van der Waals surface area contributed by atoms with Gasteiger partial charge in [-0.3, -0.25) is 4.79 Å². The Morgan fingerprint density at radius 1 is 1.25 bits per heavy atom. The Hall–Kier alpha value is -1.04. The van der Waals surface area contributed by atoms with E-state index in [1.165, 1.54) is 0 Å². The van der Waals surface area contributed by atoms with Crippen LogP contribution in [0.25, 0.3) is 0 Å². The van der Waals surface area contributed by atoms with Crippen LogP contribution in [0.15, 0.2) is 18.2 Å². The van der Waals surface area contributed by atoms with E-state index in [-0.39, 0.29) is 18.2 Å². The van der Waals surface area contributed by atoms with E-state index in [4.69, 9.17) is 25.6 Å². The number of benzene rings is 1. The van der Waals surface area contributed by atoms with Gasteiger partial charge in [0, 0.05) is 10.8 Å². The third-order valence-electron chi connectivity index (χ3n) is 4.90. The van der Waals surface area contributed by atoms with Crippen molar-refractivity contribution in [3.8, 4) is 0 Å². The van der Waals surface area contributed by atoms with Crippen LogP contribution >= 0.6 is 11.6 Å². The fraction of sp³-hybridized carbons (Fsp3) is 0.611. The first-order valence-corrected chi connectivity index (χ1v) is 8.72. The van der Waals surface area contributed by atoms with Gasteiger partial charge < -0.3 is 14.0 Å². The molecule has 1 aromatic rings. The summed E-state index contributed by atoms with van der Waals surface area (Å²) in [4.78, 5) is 12.1. The summed E-state index contributed by atoms with van der Waals surface area (Å²) in [6, 6.07) is 5.75. The predicted octanol–water partition coefficient (Wildman–Crippen LogP) is 4.32. The van der Waals surface area contributed by atoms with E-state index < -0.39 is 18.3 Å². The molecule has 1 heterocycles. The summed E-state index contributed by atoms with van der Waals surface area (Å²) in [6.45, 7) is 12.1. The minimum Gasteiger partial charge on any atom is -0.466 e. The molecule has 1 fully saturated rings. The van der Waals surface area contributed by atoms with Crippen LogP contribution in [-0.4, -0.2) is 30.9 Å². The number of carbonyl (C=O) groups excluding carboxylic acids is 1. The number of hydrogen-bond acceptors (Lipinski definition) is 4. The van der Waals surface area contributed by atoms with E-state index in [0.717, 1.165) is 11.1 Å². The largest absolute Gasteiger partial charge is 0.466 e. The molecule has 6 heteroatoms. The molecule has 1 atom stereocenters. The van der Waals surface area contributed by atoms with Crippen LogP contribution in [0, 0.1) is 6.92 Å². The molecular formula is C18H26BClO4. The summed E-state index contributed by atoms with van der Waals surface area (Å²) in [5.41, 5.74) is 1.01. The molecular weight excluding hydrogens is 326 g/mol. The fourth-order valence-corrected chi connectivity index (χ4v) is 2.84. The molecule has 132 valence electrons. The van der Waals surface area contributed by atoms with Gasteiger partial charge in [-0.15, -0.1) is 0 Å². The minimum atomic E-state index is -0.514. The lowest BCUT2D eigenvalue weighted by Crippen LogP contribution is -2.41. The lowest BCUT2D eigenvalue weighted by Gasteiger charge is -2.32. The van der Waals surface area contributed by atoms with E-state index in [0.29, 0.717) is 11.6 Å². The van der Waals surface area contributed by atoms with Crippen molar-refractivity contribution in [3.05, 3.63) is 34.3 Å². The minimum absolute atomic E-state index is 0.200. The van der Waals surface area contributed by atoms with Crippen LogP contribution in [0.5, 0.6) is 0 Å². The normalized spacial score (nSPS) is 20.0. The number of rotatable bonds is 5. The Bertz CT molecular complexity index is 599. The molecule has 1 aliphatic heterocycles. The molecule has 0 radical (unpaired) electrons. The number of halogens is 1. The highest BCUT2D eigenvalue weighted by Gasteiger charge is 2.54. The van der Waals surface area contributed by atoms with Gasteiger partial charge in [0.1, 0.15) is 0 Å². The first kappa shape index (κ1) is 19.3. The molecule has 0 spiro atoms. The molecule has 24 heavy (non-hydrogen) atoms. The van der Waals surface area contributed by atoms with E-state index in [1.54, 1.807) is 6.92 Å². The molecule has 0 aromatic heterocycles. The van der Waals surface area contributed by atoms with Crippen molar-refractivity contribution >= 4 is 24.7 Å². The zero-order valence-corrected chi connectivity index (χ0v) is 16.1. The highest BCUT2D eigenvalue weighted by Crippen LogP contribution is 2.42. The molecule has 0 aliphatic carbocycles. The first-order valence-electron chi connectivity index (χ1n) is 8.34. The zero-order chi connectivity index (χ0) is 18.1. The quantitative estimate of drug-likeness (QED) is 0.585. The summed E-state index contributed by atoms with van der Waals surface area (Å²) in [7, 11) is -0.514. The molecule has 1 aromatic carbocycles. The average molecular weight is 353 g/mol. The second-order valence-electron chi connectivity index (χ2n) is 7.25. The average Bonchev–Trinajstić information content (AvgIpc) is 2.68. The van der Waals surface area contributed by atoms with Crippen LogP contribution in [0.3, 0.4) is 0 Å². The van der Waals surface area contributed by atoms with Crippen molar-refractivity contribution < 1.29 is 18.8 Å². The standard InChI is InChI=1S/C18H26BClO4/c1-7-22-16(21)11-14(13-8-9-15(20)12(2)10-13)19-23-17(3,4)18(5,6)24-19/h8-10,14H,7,11H2,1-6H3. The molecule has 4 nitrogen and oxygen atoms in total. The Morgan fingerprint density at radius 3 is 2.33 bits per heavy atom. The second-order valence-corrected chi connectivity index (χ2v) is 7.66. The molecule has 1 aliphatic rings. The third-order valence-corrected chi connectivity index (χ3v) is 5.33. The number of ether oxygens (including phenoxy) is 1. The maximum Gasteiger partial charge on any atom is 0.466 e. The SMILES string of the molecule is CCOC(=O)CC(B1OC(C)(C)C(C)(C)O1)c1ccc(Cl)c(C)c1. The molecule has 0 amide bonds. The van der Waals surface area contributed by atoms with Gasteiger partial charge in [-0.2, -0.15) is 0 Å². The van der Waals surface area contributed by atoms with Gasteiger partial charge in [0.15, 0.2) is 0 Å². The van der Waals surface area contributed by atoms with Gasteiger partial charge in [-0.1, -0.05) is 23.7 Å². The van der Waals surface area contributed by atoms with Crippen molar-refractivity contribution in [2.24, 2.45) is 0 Å². The molecule has 0 saturated carbocycles. The van der Waals surface area contributed by atoms with Gasteiger partial charge in [0.25, 0.3) is 0 Å². The van der Waals surface area contributed by atoms with Crippen molar-refractivity contribution in [1.29, 1.82) is 0 Å². The Balaban J connectivity index is 2.33. The predicted molar refractivity (Wildman–Crippen MR) is 96.3 cm³/mol. The second kappa shape index (κ2) is 7.07. The van der Waals surface area contributed by atoms with Crippen LogP contribution < -0.4 is 0 Å². The molecule has 1 unspecified atom stereocenters. The van der Waals surface area contributed by atoms with Crippen LogP contribution in [0.2, 0.25) is 5.02 Å². The first-order chi connectivity index (χ1) is 11.1. The van der Waals surface area contributed by atoms with Crippen molar-refractivity contribution in [2.45, 2.75) is 65.0 Å². The summed E-state index contributed by atoms with van der Waals surface area (Å²) < 4.78 is 17.5. The zero-order valence-electron chi connectivity index (χ0n) is 15.3. The van der Waals surface area contributed by atoms with Gasteiger partial charge >= 0.3 is 13.1 Å². The lowest BCUT2D eigenvalue weighted by atomic mass is 9.66. The highest BCUT2D eigenvalue weighted by atomic mass is 35.5. The molecule has 0 N–H and O–H groups in total. The third kappa shape index (κ3) is 3.96. The van der Waals surface area contributed by atoms with Crippen LogP contribution in [-0.2, 0) is 18.8 Å². The number of hydrogen-bond donors (Lipinski definition) is 0. The van der Waals surface area contributed by atoms with Crippen molar-refractivity contribution in [2.75, 3.05) is 6.61 Å². The van der Waals surface area contributed by atoms with E-state index in [2.05, 4.69) is 0 Å². The van der Waals surface area contributed by atoms with Gasteiger partial charge in [-0.25, -0.2) is 0 Å². The maximum atomic E-state index is 12.1. The number of carbonyl (C=O) groups is 1. The number of aryl methyl sites for hydroxylation is 1.